The normalized spacial score (nSPS) is 23.0. The molecule has 98 valence electrons. The van der Waals surface area contributed by atoms with Crippen LogP contribution in [0.5, 0.6) is 0 Å². The molecule has 18 heavy (non-hydrogen) atoms. The minimum atomic E-state index is -0.392. The number of benzene rings is 1. The predicted molar refractivity (Wildman–Crippen MR) is 75.0 cm³/mol. The zero-order valence-electron chi connectivity index (χ0n) is 10.6. The van der Waals surface area contributed by atoms with Crippen LogP contribution in [0, 0.1) is 0 Å². The zero-order valence-corrected chi connectivity index (χ0v) is 11.4. The van der Waals surface area contributed by atoms with Gasteiger partial charge in [-0.25, -0.2) is 0 Å². The van der Waals surface area contributed by atoms with Crippen molar-refractivity contribution in [2.45, 2.75) is 38.1 Å². The van der Waals surface area contributed by atoms with Gasteiger partial charge in [-0.05, 0) is 44.0 Å². The van der Waals surface area contributed by atoms with Gasteiger partial charge in [-0.2, -0.15) is 0 Å². The number of hydrogen-bond acceptors (Lipinski definition) is 2. The van der Waals surface area contributed by atoms with Crippen LogP contribution in [0.1, 0.15) is 32.6 Å². The maximum atomic E-state index is 12.4. The van der Waals surface area contributed by atoms with E-state index < -0.39 is 5.54 Å². The van der Waals surface area contributed by atoms with Crippen molar-refractivity contribution in [1.29, 1.82) is 0 Å². The molecule has 1 aliphatic heterocycles. The maximum Gasteiger partial charge on any atom is 0.244 e. The van der Waals surface area contributed by atoms with E-state index >= 15 is 0 Å². The van der Waals surface area contributed by atoms with Gasteiger partial charge in [0.2, 0.25) is 5.91 Å². The van der Waals surface area contributed by atoms with E-state index in [4.69, 9.17) is 11.6 Å². The molecule has 1 saturated heterocycles. The molecule has 2 rings (SSSR count). The Morgan fingerprint density at radius 1 is 1.56 bits per heavy atom. The van der Waals surface area contributed by atoms with E-state index in [1.807, 2.05) is 12.1 Å². The van der Waals surface area contributed by atoms with E-state index in [0.717, 1.165) is 37.9 Å². The van der Waals surface area contributed by atoms with Crippen LogP contribution in [0.2, 0.25) is 5.02 Å². The van der Waals surface area contributed by atoms with Gasteiger partial charge in [-0.15, -0.1) is 0 Å². The second-order valence-electron chi connectivity index (χ2n) is 4.83. The van der Waals surface area contributed by atoms with Crippen molar-refractivity contribution in [2.24, 2.45) is 0 Å². The molecule has 0 radical (unpaired) electrons. The van der Waals surface area contributed by atoms with Gasteiger partial charge in [0, 0.05) is 10.7 Å². The fourth-order valence-corrected chi connectivity index (χ4v) is 2.76. The Balaban J connectivity index is 2.10. The lowest BCUT2D eigenvalue weighted by Gasteiger charge is -2.27. The highest BCUT2D eigenvalue weighted by molar-refractivity contribution is 6.30. The SMILES string of the molecule is CCCC1(C(=O)Nc2cccc(Cl)c2)CCCN1. The van der Waals surface area contributed by atoms with Crippen LogP contribution >= 0.6 is 11.6 Å². The molecule has 1 unspecified atom stereocenters. The van der Waals surface area contributed by atoms with Gasteiger partial charge >= 0.3 is 0 Å². The number of rotatable bonds is 4. The Kier molecular flexibility index (Phi) is 4.25. The van der Waals surface area contributed by atoms with Crippen molar-refractivity contribution >= 4 is 23.2 Å². The summed E-state index contributed by atoms with van der Waals surface area (Å²) in [6.07, 6.45) is 3.84. The van der Waals surface area contributed by atoms with Crippen LogP contribution in [-0.4, -0.2) is 18.0 Å². The summed E-state index contributed by atoms with van der Waals surface area (Å²) in [6, 6.07) is 7.27. The summed E-state index contributed by atoms with van der Waals surface area (Å²) in [5.41, 5.74) is 0.369. The molecule has 1 aliphatic rings. The molecule has 4 heteroatoms. The molecule has 2 N–H and O–H groups in total. The van der Waals surface area contributed by atoms with E-state index in [2.05, 4.69) is 17.6 Å². The summed E-state index contributed by atoms with van der Waals surface area (Å²) < 4.78 is 0. The van der Waals surface area contributed by atoms with Crippen LogP contribution in [0.15, 0.2) is 24.3 Å². The number of carbonyl (C=O) groups is 1. The smallest absolute Gasteiger partial charge is 0.244 e. The molecule has 0 aromatic heterocycles. The van der Waals surface area contributed by atoms with Crippen LogP contribution in [-0.2, 0) is 4.79 Å². The zero-order chi connectivity index (χ0) is 13.0. The van der Waals surface area contributed by atoms with Gasteiger partial charge in [0.25, 0.3) is 0 Å². The highest BCUT2D eigenvalue weighted by atomic mass is 35.5. The lowest BCUT2D eigenvalue weighted by Crippen LogP contribution is -2.50. The lowest BCUT2D eigenvalue weighted by atomic mass is 9.91. The molecule has 1 heterocycles. The van der Waals surface area contributed by atoms with Gasteiger partial charge in [-0.1, -0.05) is 31.0 Å². The minimum Gasteiger partial charge on any atom is -0.324 e. The fraction of sp³-hybridized carbons (Fsp3) is 0.500. The summed E-state index contributed by atoms with van der Waals surface area (Å²) in [5.74, 6) is 0.0594. The van der Waals surface area contributed by atoms with Crippen molar-refractivity contribution in [3.05, 3.63) is 29.3 Å². The molecule has 3 nitrogen and oxygen atoms in total. The molecular formula is C14H19ClN2O. The molecular weight excluding hydrogens is 248 g/mol. The van der Waals surface area contributed by atoms with Gasteiger partial charge in [0.15, 0.2) is 0 Å². The van der Waals surface area contributed by atoms with E-state index in [9.17, 15) is 4.79 Å². The average Bonchev–Trinajstić information content (AvgIpc) is 2.79. The first-order chi connectivity index (χ1) is 8.66. The van der Waals surface area contributed by atoms with Crippen molar-refractivity contribution in [1.82, 2.24) is 5.32 Å². The number of nitrogens with one attached hydrogen (secondary N) is 2. The first-order valence-corrected chi connectivity index (χ1v) is 6.86. The second kappa shape index (κ2) is 5.72. The molecule has 1 aromatic carbocycles. The van der Waals surface area contributed by atoms with Crippen LogP contribution in [0.3, 0.4) is 0 Å². The second-order valence-corrected chi connectivity index (χ2v) is 5.26. The lowest BCUT2D eigenvalue weighted by molar-refractivity contribution is -0.122. The summed E-state index contributed by atoms with van der Waals surface area (Å²) in [7, 11) is 0. The average molecular weight is 267 g/mol. The number of anilines is 1. The van der Waals surface area contributed by atoms with Crippen LogP contribution < -0.4 is 10.6 Å². The monoisotopic (exact) mass is 266 g/mol. The molecule has 1 fully saturated rings. The molecule has 0 saturated carbocycles. The number of amides is 1. The highest BCUT2D eigenvalue weighted by Crippen LogP contribution is 2.27. The Morgan fingerprint density at radius 2 is 2.39 bits per heavy atom. The first kappa shape index (κ1) is 13.4. The van der Waals surface area contributed by atoms with E-state index in [1.54, 1.807) is 12.1 Å². The third kappa shape index (κ3) is 2.85. The number of hydrogen-bond donors (Lipinski definition) is 2. The summed E-state index contributed by atoms with van der Waals surface area (Å²) >= 11 is 5.92. The Morgan fingerprint density at radius 3 is 3.00 bits per heavy atom. The fourth-order valence-electron chi connectivity index (χ4n) is 2.57. The van der Waals surface area contributed by atoms with Crippen LogP contribution in [0.4, 0.5) is 5.69 Å². The standard InChI is InChI=1S/C14H19ClN2O/c1-2-7-14(8-4-9-16-14)13(18)17-12-6-3-5-11(15)10-12/h3,5-6,10,16H,2,4,7-9H2,1H3,(H,17,18). The molecule has 1 aromatic rings. The van der Waals surface area contributed by atoms with Crippen molar-refractivity contribution in [3.63, 3.8) is 0 Å². The first-order valence-electron chi connectivity index (χ1n) is 6.48. The van der Waals surface area contributed by atoms with Gasteiger partial charge < -0.3 is 10.6 Å². The number of halogens is 1. The third-order valence-electron chi connectivity index (χ3n) is 3.44. The molecule has 0 spiro atoms. The van der Waals surface area contributed by atoms with E-state index in [1.165, 1.54) is 0 Å². The van der Waals surface area contributed by atoms with Crippen molar-refractivity contribution < 1.29 is 4.79 Å². The minimum absolute atomic E-state index is 0.0594. The highest BCUT2D eigenvalue weighted by Gasteiger charge is 2.39. The molecule has 1 atom stereocenters. The van der Waals surface area contributed by atoms with E-state index in [-0.39, 0.29) is 5.91 Å². The topological polar surface area (TPSA) is 41.1 Å². The van der Waals surface area contributed by atoms with Crippen LogP contribution in [0.25, 0.3) is 0 Å². The molecule has 0 aliphatic carbocycles. The largest absolute Gasteiger partial charge is 0.324 e. The molecule has 0 bridgehead atoms. The van der Waals surface area contributed by atoms with Crippen molar-refractivity contribution in [3.8, 4) is 0 Å². The quantitative estimate of drug-likeness (QED) is 0.879. The van der Waals surface area contributed by atoms with E-state index in [0.29, 0.717) is 5.02 Å². The Labute approximate surface area is 113 Å². The van der Waals surface area contributed by atoms with Gasteiger partial charge in [0.05, 0.1) is 5.54 Å². The summed E-state index contributed by atoms with van der Waals surface area (Å²) in [6.45, 7) is 3.03. The van der Waals surface area contributed by atoms with Gasteiger partial charge in [0.1, 0.15) is 0 Å². The third-order valence-corrected chi connectivity index (χ3v) is 3.67. The van der Waals surface area contributed by atoms with Gasteiger partial charge in [-0.3, -0.25) is 4.79 Å². The maximum absolute atomic E-state index is 12.4. The van der Waals surface area contributed by atoms with Crippen molar-refractivity contribution in [2.75, 3.05) is 11.9 Å². The Hall–Kier alpha value is -1.06. The molecule has 1 amide bonds. The summed E-state index contributed by atoms with van der Waals surface area (Å²) in [4.78, 5) is 12.4. The summed E-state index contributed by atoms with van der Waals surface area (Å²) in [5, 5.41) is 6.96. The number of carbonyl (C=O) groups excluding carboxylic acids is 1. The Bertz CT molecular complexity index is 428. The predicted octanol–water partition coefficient (Wildman–Crippen LogP) is 3.20.